The van der Waals surface area contributed by atoms with Crippen LogP contribution in [0.1, 0.15) is 44.1 Å². The molecular formula is C13H19IN2O. The van der Waals surface area contributed by atoms with Crippen LogP contribution in [0.3, 0.4) is 0 Å². The van der Waals surface area contributed by atoms with Gasteiger partial charge in [0, 0.05) is 11.8 Å². The average Bonchev–Trinajstić information content (AvgIpc) is 2.96. The van der Waals surface area contributed by atoms with Crippen LogP contribution in [0, 0.1) is 10.6 Å². The van der Waals surface area contributed by atoms with Crippen LogP contribution in [0.25, 0.3) is 0 Å². The van der Waals surface area contributed by atoms with Gasteiger partial charge in [-0.1, -0.05) is 12.8 Å². The van der Waals surface area contributed by atoms with Crippen molar-refractivity contribution < 1.29 is 4.74 Å². The predicted molar refractivity (Wildman–Crippen MR) is 75.0 cm³/mol. The van der Waals surface area contributed by atoms with Gasteiger partial charge in [-0.3, -0.25) is 4.68 Å². The highest BCUT2D eigenvalue weighted by molar-refractivity contribution is 14.1. The number of halogens is 1. The van der Waals surface area contributed by atoms with Gasteiger partial charge in [0.05, 0.1) is 18.2 Å². The third-order valence-electron chi connectivity index (χ3n) is 4.13. The zero-order valence-corrected chi connectivity index (χ0v) is 12.4. The molecule has 0 bridgehead atoms. The first-order chi connectivity index (χ1) is 8.17. The van der Waals surface area contributed by atoms with E-state index in [0.29, 0.717) is 6.10 Å². The van der Waals surface area contributed by atoms with Crippen LogP contribution in [-0.2, 0) is 11.3 Å². The summed E-state index contributed by atoms with van der Waals surface area (Å²) in [6.45, 7) is 3.03. The zero-order chi connectivity index (χ0) is 11.9. The highest BCUT2D eigenvalue weighted by atomic mass is 127. The third kappa shape index (κ3) is 2.38. The Hall–Kier alpha value is -0.100. The largest absolute Gasteiger partial charge is 0.370 e. The molecule has 2 heterocycles. The van der Waals surface area contributed by atoms with Crippen molar-refractivity contribution in [3.8, 4) is 0 Å². The molecule has 1 spiro atoms. The van der Waals surface area contributed by atoms with Gasteiger partial charge in [0.25, 0.3) is 0 Å². The van der Waals surface area contributed by atoms with Crippen LogP contribution in [0.2, 0.25) is 0 Å². The maximum absolute atomic E-state index is 6.30. The van der Waals surface area contributed by atoms with Crippen molar-refractivity contribution in [3.63, 3.8) is 0 Å². The molecule has 1 aromatic heterocycles. The summed E-state index contributed by atoms with van der Waals surface area (Å²) < 4.78 is 9.46. The topological polar surface area (TPSA) is 27.1 Å². The van der Waals surface area contributed by atoms with E-state index in [2.05, 4.69) is 45.5 Å². The Labute approximate surface area is 116 Å². The smallest absolute Gasteiger partial charge is 0.126 e. The van der Waals surface area contributed by atoms with Crippen molar-refractivity contribution >= 4 is 22.6 Å². The molecule has 17 heavy (non-hydrogen) atoms. The Morgan fingerprint density at radius 1 is 1.47 bits per heavy atom. The van der Waals surface area contributed by atoms with Crippen LogP contribution >= 0.6 is 22.6 Å². The summed E-state index contributed by atoms with van der Waals surface area (Å²) in [5.74, 6) is 0. The van der Waals surface area contributed by atoms with E-state index >= 15 is 0 Å². The Bertz CT molecular complexity index is 390. The third-order valence-corrected chi connectivity index (χ3v) is 5.19. The molecule has 0 radical (unpaired) electrons. The van der Waals surface area contributed by atoms with E-state index in [1.807, 2.05) is 0 Å². The van der Waals surface area contributed by atoms with Crippen molar-refractivity contribution in [1.82, 2.24) is 9.78 Å². The molecule has 2 aliphatic rings. The van der Waals surface area contributed by atoms with Crippen LogP contribution in [0.4, 0.5) is 0 Å². The lowest BCUT2D eigenvalue weighted by molar-refractivity contribution is -0.0429. The van der Waals surface area contributed by atoms with E-state index in [1.165, 1.54) is 44.1 Å². The second-order valence-corrected chi connectivity index (χ2v) is 6.52. The van der Waals surface area contributed by atoms with Crippen LogP contribution in [0.5, 0.6) is 0 Å². The molecule has 1 saturated heterocycles. The predicted octanol–water partition coefficient (Wildman–Crippen LogP) is 3.29. The first-order valence-electron chi connectivity index (χ1n) is 6.54. The van der Waals surface area contributed by atoms with E-state index < -0.39 is 0 Å². The molecule has 1 atom stereocenters. The Balaban J connectivity index is 1.63. The molecule has 1 aromatic rings. The minimum absolute atomic E-state index is 0.250. The van der Waals surface area contributed by atoms with Gasteiger partial charge in [0.1, 0.15) is 3.70 Å². The molecule has 1 aliphatic carbocycles. The van der Waals surface area contributed by atoms with Crippen LogP contribution < -0.4 is 0 Å². The van der Waals surface area contributed by atoms with E-state index in [-0.39, 0.29) is 5.60 Å². The second kappa shape index (κ2) is 4.53. The fraction of sp³-hybridized carbons (Fsp3) is 0.769. The molecule has 1 saturated carbocycles. The number of nitrogens with zero attached hydrogens (tertiary/aromatic N) is 2. The molecule has 4 heteroatoms. The number of hydrogen-bond donors (Lipinski definition) is 0. The van der Waals surface area contributed by atoms with Gasteiger partial charge in [-0.05, 0) is 55.2 Å². The van der Waals surface area contributed by atoms with Gasteiger partial charge in [0.2, 0.25) is 0 Å². The van der Waals surface area contributed by atoms with E-state index in [1.54, 1.807) is 0 Å². The number of hydrogen-bond acceptors (Lipinski definition) is 2. The fourth-order valence-electron chi connectivity index (χ4n) is 3.21. The van der Waals surface area contributed by atoms with E-state index in [4.69, 9.17) is 4.74 Å². The number of aryl methyl sites for hydroxylation is 1. The first-order valence-corrected chi connectivity index (χ1v) is 7.62. The van der Waals surface area contributed by atoms with Gasteiger partial charge in [-0.2, -0.15) is 5.10 Å². The van der Waals surface area contributed by atoms with E-state index in [0.717, 1.165) is 10.2 Å². The lowest BCUT2D eigenvalue weighted by Crippen LogP contribution is -2.26. The quantitative estimate of drug-likeness (QED) is 0.769. The van der Waals surface area contributed by atoms with Crippen molar-refractivity contribution in [2.75, 3.05) is 0 Å². The Kier molecular flexibility index (Phi) is 3.19. The van der Waals surface area contributed by atoms with Gasteiger partial charge in [-0.25, -0.2) is 0 Å². The number of rotatable bonds is 2. The minimum Gasteiger partial charge on any atom is -0.370 e. The molecule has 0 amide bonds. The molecule has 2 fully saturated rings. The molecule has 1 aliphatic heterocycles. The van der Waals surface area contributed by atoms with Crippen molar-refractivity contribution in [2.45, 2.75) is 63.7 Å². The van der Waals surface area contributed by atoms with Crippen LogP contribution in [-0.4, -0.2) is 21.5 Å². The van der Waals surface area contributed by atoms with Gasteiger partial charge < -0.3 is 4.74 Å². The molecule has 0 N–H and O–H groups in total. The summed E-state index contributed by atoms with van der Waals surface area (Å²) in [6, 6.07) is 0. The standard InChI is InChI=1S/C13H19IN2O/c1-10-8-16(15-12(10)14)9-11-4-7-13(17-11)5-2-3-6-13/h8,11H,2-7,9H2,1H3. The van der Waals surface area contributed by atoms with Crippen LogP contribution in [0.15, 0.2) is 6.20 Å². The summed E-state index contributed by atoms with van der Waals surface area (Å²) in [6.07, 6.45) is 10.2. The number of ether oxygens (including phenoxy) is 1. The zero-order valence-electron chi connectivity index (χ0n) is 10.3. The molecule has 94 valence electrons. The van der Waals surface area contributed by atoms with Crippen molar-refractivity contribution in [2.24, 2.45) is 0 Å². The normalized spacial score (nSPS) is 27.1. The minimum atomic E-state index is 0.250. The summed E-state index contributed by atoms with van der Waals surface area (Å²) in [4.78, 5) is 0. The highest BCUT2D eigenvalue weighted by Gasteiger charge is 2.42. The summed E-state index contributed by atoms with van der Waals surface area (Å²) in [5.41, 5.74) is 1.51. The summed E-state index contributed by atoms with van der Waals surface area (Å²) >= 11 is 2.29. The monoisotopic (exact) mass is 346 g/mol. The molecule has 1 unspecified atom stereocenters. The van der Waals surface area contributed by atoms with E-state index in [9.17, 15) is 0 Å². The maximum atomic E-state index is 6.30. The molecule has 3 rings (SSSR count). The fourth-order valence-corrected chi connectivity index (χ4v) is 3.63. The first kappa shape index (κ1) is 12.0. The average molecular weight is 346 g/mol. The maximum Gasteiger partial charge on any atom is 0.126 e. The second-order valence-electron chi connectivity index (χ2n) is 5.49. The van der Waals surface area contributed by atoms with Gasteiger partial charge in [0.15, 0.2) is 0 Å². The highest BCUT2D eigenvalue weighted by Crippen LogP contribution is 2.43. The lowest BCUT2D eigenvalue weighted by atomic mass is 9.98. The molecule has 3 nitrogen and oxygen atoms in total. The van der Waals surface area contributed by atoms with Gasteiger partial charge >= 0.3 is 0 Å². The van der Waals surface area contributed by atoms with Gasteiger partial charge in [-0.15, -0.1) is 0 Å². The summed E-state index contributed by atoms with van der Waals surface area (Å²) in [7, 11) is 0. The Morgan fingerprint density at radius 3 is 2.88 bits per heavy atom. The van der Waals surface area contributed by atoms with Crippen molar-refractivity contribution in [3.05, 3.63) is 15.5 Å². The van der Waals surface area contributed by atoms with Crippen molar-refractivity contribution in [1.29, 1.82) is 0 Å². The Morgan fingerprint density at radius 2 is 2.24 bits per heavy atom. The lowest BCUT2D eigenvalue weighted by Gasteiger charge is -2.23. The SMILES string of the molecule is Cc1cn(CC2CCC3(CCCC3)O2)nc1I. The number of aromatic nitrogens is 2. The molecule has 0 aromatic carbocycles. The molecular weight excluding hydrogens is 327 g/mol. The summed E-state index contributed by atoms with van der Waals surface area (Å²) in [5, 5.41) is 4.51.